The van der Waals surface area contributed by atoms with Crippen molar-refractivity contribution in [1.82, 2.24) is 5.32 Å². The molecule has 1 amide bonds. The zero-order valence-electron chi connectivity index (χ0n) is 54.3. The number of ether oxygens (including phenoxy) is 1. The molecule has 6 nitrogen and oxygen atoms in total. The van der Waals surface area contributed by atoms with Crippen LogP contribution in [0, 0.1) is 0 Å². The molecule has 2 atom stereocenters. The number of hydrogen-bond donors (Lipinski definition) is 3. The normalized spacial score (nSPS) is 12.6. The summed E-state index contributed by atoms with van der Waals surface area (Å²) in [6, 6.07) is -0.541. The first-order chi connectivity index (χ1) is 39.5. The summed E-state index contributed by atoms with van der Waals surface area (Å²) >= 11 is 0. The Morgan fingerprint density at radius 3 is 0.912 bits per heavy atom. The predicted octanol–water partition coefficient (Wildman–Crippen LogP) is 23.7. The monoisotopic (exact) mass is 1130 g/mol. The maximum Gasteiger partial charge on any atom is 0.305 e. The molecular formula is C74H143NO5. The SMILES string of the molecule is CCCCC/C=C\CCCCCCCC(=O)OCCCCCCCCCCCCCC/C=C\CCCCCCCCCCCCCCCCC(=O)NC(CO)C(O)CCCCCCCCCCCCCCCCCCCCCCC. The topological polar surface area (TPSA) is 95.9 Å². The van der Waals surface area contributed by atoms with Gasteiger partial charge >= 0.3 is 5.97 Å². The van der Waals surface area contributed by atoms with Gasteiger partial charge in [-0.25, -0.2) is 0 Å². The van der Waals surface area contributed by atoms with Crippen LogP contribution < -0.4 is 5.32 Å². The first kappa shape index (κ1) is 78.3. The van der Waals surface area contributed by atoms with E-state index in [1.165, 1.54) is 334 Å². The Hall–Kier alpha value is -1.66. The third kappa shape index (κ3) is 65.5. The van der Waals surface area contributed by atoms with Crippen LogP contribution in [0.2, 0.25) is 0 Å². The van der Waals surface area contributed by atoms with Crippen molar-refractivity contribution >= 4 is 11.9 Å². The minimum Gasteiger partial charge on any atom is -0.466 e. The summed E-state index contributed by atoms with van der Waals surface area (Å²) in [6.07, 6.45) is 88.1. The van der Waals surface area contributed by atoms with Gasteiger partial charge in [0, 0.05) is 12.8 Å². The van der Waals surface area contributed by atoms with Crippen LogP contribution in [0.1, 0.15) is 412 Å². The number of aliphatic hydroxyl groups excluding tert-OH is 2. The molecule has 0 aliphatic carbocycles. The molecule has 0 radical (unpaired) electrons. The number of hydrogen-bond acceptors (Lipinski definition) is 5. The third-order valence-corrected chi connectivity index (χ3v) is 17.2. The molecule has 0 saturated carbocycles. The highest BCUT2D eigenvalue weighted by molar-refractivity contribution is 5.76. The molecule has 6 heteroatoms. The van der Waals surface area contributed by atoms with Crippen molar-refractivity contribution in [2.75, 3.05) is 13.2 Å². The number of allylic oxidation sites excluding steroid dienone is 4. The highest BCUT2D eigenvalue weighted by Gasteiger charge is 2.20. The summed E-state index contributed by atoms with van der Waals surface area (Å²) < 4.78 is 5.47. The summed E-state index contributed by atoms with van der Waals surface area (Å²) in [5.41, 5.74) is 0. The quantitative estimate of drug-likeness (QED) is 0.0320. The summed E-state index contributed by atoms with van der Waals surface area (Å²) in [4.78, 5) is 24.6. The van der Waals surface area contributed by atoms with E-state index in [4.69, 9.17) is 4.74 Å². The van der Waals surface area contributed by atoms with Crippen LogP contribution in [0.3, 0.4) is 0 Å². The van der Waals surface area contributed by atoms with E-state index in [1.807, 2.05) is 0 Å². The lowest BCUT2D eigenvalue weighted by molar-refractivity contribution is -0.143. The number of rotatable bonds is 69. The van der Waals surface area contributed by atoms with Crippen molar-refractivity contribution in [3.63, 3.8) is 0 Å². The van der Waals surface area contributed by atoms with Gasteiger partial charge in [-0.1, -0.05) is 346 Å². The lowest BCUT2D eigenvalue weighted by Gasteiger charge is -2.22. The fraction of sp³-hybridized carbons (Fsp3) is 0.919. The molecule has 0 fully saturated rings. The van der Waals surface area contributed by atoms with Crippen LogP contribution in [0.25, 0.3) is 0 Å². The summed E-state index contributed by atoms with van der Waals surface area (Å²) in [7, 11) is 0. The van der Waals surface area contributed by atoms with E-state index in [2.05, 4.69) is 43.5 Å². The molecule has 0 aliphatic rings. The molecule has 3 N–H and O–H groups in total. The van der Waals surface area contributed by atoms with Crippen LogP contribution in [0.5, 0.6) is 0 Å². The second-order valence-electron chi connectivity index (χ2n) is 25.3. The van der Waals surface area contributed by atoms with Gasteiger partial charge in [-0.3, -0.25) is 9.59 Å². The van der Waals surface area contributed by atoms with Crippen LogP contribution in [0.4, 0.5) is 0 Å². The Morgan fingerprint density at radius 2 is 0.588 bits per heavy atom. The lowest BCUT2D eigenvalue weighted by Crippen LogP contribution is -2.45. The van der Waals surface area contributed by atoms with Gasteiger partial charge in [0.1, 0.15) is 0 Å². The van der Waals surface area contributed by atoms with E-state index < -0.39 is 12.1 Å². The van der Waals surface area contributed by atoms with Crippen LogP contribution in [0.15, 0.2) is 24.3 Å². The van der Waals surface area contributed by atoms with E-state index in [9.17, 15) is 19.8 Å². The van der Waals surface area contributed by atoms with E-state index in [0.29, 0.717) is 25.9 Å². The zero-order chi connectivity index (χ0) is 57.8. The van der Waals surface area contributed by atoms with Gasteiger partial charge in [0.15, 0.2) is 0 Å². The van der Waals surface area contributed by atoms with Gasteiger partial charge in [0.05, 0.1) is 25.4 Å². The van der Waals surface area contributed by atoms with E-state index in [-0.39, 0.29) is 18.5 Å². The second-order valence-corrected chi connectivity index (χ2v) is 25.3. The van der Waals surface area contributed by atoms with E-state index in [0.717, 1.165) is 44.9 Å². The smallest absolute Gasteiger partial charge is 0.305 e. The predicted molar refractivity (Wildman–Crippen MR) is 352 cm³/mol. The van der Waals surface area contributed by atoms with E-state index in [1.54, 1.807) is 0 Å². The van der Waals surface area contributed by atoms with E-state index >= 15 is 0 Å². The number of unbranched alkanes of at least 4 members (excludes halogenated alkanes) is 54. The van der Waals surface area contributed by atoms with Crippen molar-refractivity contribution < 1.29 is 24.5 Å². The summed E-state index contributed by atoms with van der Waals surface area (Å²) in [5, 5.41) is 23.4. The lowest BCUT2D eigenvalue weighted by atomic mass is 10.0. The molecule has 474 valence electrons. The highest BCUT2D eigenvalue weighted by Crippen LogP contribution is 2.19. The van der Waals surface area contributed by atoms with Crippen molar-refractivity contribution in [1.29, 1.82) is 0 Å². The number of nitrogens with one attached hydrogen (secondary N) is 1. The van der Waals surface area contributed by atoms with Crippen molar-refractivity contribution in [3.8, 4) is 0 Å². The molecule has 0 bridgehead atoms. The molecule has 0 saturated heterocycles. The fourth-order valence-corrected chi connectivity index (χ4v) is 11.6. The first-order valence-corrected chi connectivity index (χ1v) is 36.6. The Bertz CT molecular complexity index is 1250. The number of carbonyl (C=O) groups is 2. The molecule has 0 aromatic rings. The van der Waals surface area contributed by atoms with Crippen LogP contribution in [-0.2, 0) is 14.3 Å². The Morgan fingerprint density at radius 1 is 0.338 bits per heavy atom. The Balaban J connectivity index is 3.37. The van der Waals surface area contributed by atoms with Crippen LogP contribution >= 0.6 is 0 Å². The summed E-state index contributed by atoms with van der Waals surface area (Å²) in [5.74, 6) is -0.0211. The average Bonchev–Trinajstić information content (AvgIpc) is 3.46. The first-order valence-electron chi connectivity index (χ1n) is 36.6. The van der Waals surface area contributed by atoms with Crippen molar-refractivity contribution in [2.24, 2.45) is 0 Å². The van der Waals surface area contributed by atoms with Gasteiger partial charge < -0.3 is 20.3 Å². The average molecular weight is 1130 g/mol. The number of carbonyl (C=O) groups excluding carboxylic acids is 2. The number of amides is 1. The van der Waals surface area contributed by atoms with Crippen molar-refractivity contribution in [3.05, 3.63) is 24.3 Å². The maximum absolute atomic E-state index is 12.6. The fourth-order valence-electron chi connectivity index (χ4n) is 11.6. The van der Waals surface area contributed by atoms with Gasteiger partial charge in [-0.15, -0.1) is 0 Å². The Labute approximate surface area is 501 Å². The molecule has 2 unspecified atom stereocenters. The maximum atomic E-state index is 12.6. The molecular weight excluding hydrogens is 983 g/mol. The van der Waals surface area contributed by atoms with Crippen LogP contribution in [-0.4, -0.2) is 47.4 Å². The minimum atomic E-state index is -0.664. The Kier molecular flexibility index (Phi) is 68.4. The zero-order valence-corrected chi connectivity index (χ0v) is 54.3. The molecule has 0 aromatic heterocycles. The van der Waals surface area contributed by atoms with Gasteiger partial charge in [-0.2, -0.15) is 0 Å². The molecule has 80 heavy (non-hydrogen) atoms. The minimum absolute atomic E-state index is 0.00768. The standard InChI is InChI=1S/C74H143NO5/c1-3-5-7-9-11-13-15-17-18-19-20-31-34-37-40-43-46-50-54-58-62-66-72(77)71(70-76)75-73(78)67-63-59-55-51-47-44-41-38-35-32-29-27-25-23-21-22-24-26-28-30-33-36-39-42-45-49-53-57-61-65-69-80-74(79)68-64-60-56-52-48-16-14-12-10-8-6-4-2/h12,14,22,24,71-72,76-77H,3-11,13,15-21,23,25-70H2,1-2H3,(H,75,78)/b14-12-,24-22-. The second kappa shape index (κ2) is 69.8. The highest BCUT2D eigenvalue weighted by atomic mass is 16.5. The molecule has 0 rings (SSSR count). The summed E-state index contributed by atoms with van der Waals surface area (Å²) in [6.45, 7) is 4.97. The molecule has 0 heterocycles. The van der Waals surface area contributed by atoms with Gasteiger partial charge in [0.25, 0.3) is 0 Å². The van der Waals surface area contributed by atoms with Gasteiger partial charge in [-0.05, 0) is 77.0 Å². The molecule has 0 aliphatic heterocycles. The largest absolute Gasteiger partial charge is 0.466 e. The third-order valence-electron chi connectivity index (χ3n) is 17.2. The number of aliphatic hydroxyl groups is 2. The molecule has 0 spiro atoms. The number of esters is 1. The van der Waals surface area contributed by atoms with Gasteiger partial charge in [0.2, 0.25) is 5.91 Å². The van der Waals surface area contributed by atoms with Crippen molar-refractivity contribution in [2.45, 2.75) is 424 Å². The molecule has 0 aromatic carbocycles.